The largest absolute Gasteiger partial charge is 0.491 e. The third-order valence-electron chi connectivity index (χ3n) is 6.85. The molecule has 4 heterocycles. The number of hydrogen-bond donors (Lipinski definition) is 2. The first-order valence-corrected chi connectivity index (χ1v) is 11.9. The van der Waals surface area contributed by atoms with Gasteiger partial charge in [0.15, 0.2) is 5.65 Å². The smallest absolute Gasteiger partial charge is 0.261 e. The maximum absolute atomic E-state index is 13.2. The van der Waals surface area contributed by atoms with Crippen molar-refractivity contribution >= 4 is 17.2 Å². The zero-order chi connectivity index (χ0) is 23.3. The van der Waals surface area contributed by atoms with Crippen molar-refractivity contribution in [1.29, 1.82) is 0 Å². The topological polar surface area (TPSA) is 99.0 Å². The van der Waals surface area contributed by atoms with Crippen molar-refractivity contribution in [2.45, 2.75) is 50.9 Å². The Morgan fingerprint density at radius 2 is 2.26 bits per heavy atom. The Labute approximate surface area is 197 Å². The number of hydrogen-bond acceptors (Lipinski definition) is 7. The highest BCUT2D eigenvalue weighted by atomic mass is 16.5. The van der Waals surface area contributed by atoms with Crippen molar-refractivity contribution in [3.8, 4) is 11.5 Å². The summed E-state index contributed by atoms with van der Waals surface area (Å²) in [5.41, 5.74) is 2.31. The predicted octanol–water partition coefficient (Wildman–Crippen LogP) is 2.84. The van der Waals surface area contributed by atoms with Crippen molar-refractivity contribution in [2.24, 2.45) is 5.92 Å². The van der Waals surface area contributed by atoms with E-state index in [4.69, 9.17) is 14.2 Å². The molecule has 1 aliphatic carbocycles. The van der Waals surface area contributed by atoms with E-state index in [-0.39, 0.29) is 17.6 Å². The monoisotopic (exact) mass is 463 g/mol. The van der Waals surface area contributed by atoms with Crippen molar-refractivity contribution in [2.75, 3.05) is 25.1 Å². The molecule has 0 radical (unpaired) electrons. The molecule has 1 saturated heterocycles. The number of benzene rings is 1. The highest BCUT2D eigenvalue weighted by Crippen LogP contribution is 2.42. The SMILES string of the molecule is CC1(C)Cc2cc(NC(=O)c3cnn4cccnc34)c(OC[C@H]3C[C@@H]4NCCO[C@H]4C3)cc2O1. The molecule has 0 bridgehead atoms. The maximum atomic E-state index is 13.2. The van der Waals surface area contributed by atoms with Gasteiger partial charge in [0.1, 0.15) is 22.7 Å². The lowest BCUT2D eigenvalue weighted by molar-refractivity contribution is 0.00966. The van der Waals surface area contributed by atoms with Crippen LogP contribution in [-0.2, 0) is 11.2 Å². The molecule has 0 spiro atoms. The second kappa shape index (κ2) is 8.25. The fourth-order valence-electron chi connectivity index (χ4n) is 5.32. The van der Waals surface area contributed by atoms with E-state index in [9.17, 15) is 4.79 Å². The summed E-state index contributed by atoms with van der Waals surface area (Å²) in [6.07, 6.45) is 7.96. The first kappa shape index (κ1) is 21.4. The van der Waals surface area contributed by atoms with Gasteiger partial charge >= 0.3 is 0 Å². The summed E-state index contributed by atoms with van der Waals surface area (Å²) >= 11 is 0. The number of ether oxygens (including phenoxy) is 3. The Kier molecular flexibility index (Phi) is 5.18. The molecular weight excluding hydrogens is 434 g/mol. The van der Waals surface area contributed by atoms with Crippen LogP contribution in [0.2, 0.25) is 0 Å². The molecule has 1 aromatic carbocycles. The number of rotatable bonds is 5. The Morgan fingerprint density at radius 3 is 3.15 bits per heavy atom. The fraction of sp³-hybridized carbons (Fsp3) is 0.480. The number of nitrogens with one attached hydrogen (secondary N) is 2. The molecule has 2 aliphatic heterocycles. The molecule has 178 valence electrons. The standard InChI is InChI=1S/C25H29N5O4/c1-25(2)12-16-10-19(29-24(31)17-13-28-30-6-3-4-27-23(17)30)22(11-20(16)34-25)33-14-15-8-18-21(9-15)32-7-5-26-18/h3-4,6,10-11,13,15,18,21,26H,5,7-9,12,14H2,1-2H3,(H,29,31)/t15-,18-,21-/m0/s1. The van der Waals surface area contributed by atoms with Crippen molar-refractivity contribution in [3.63, 3.8) is 0 Å². The van der Waals surface area contributed by atoms with Crippen molar-refractivity contribution < 1.29 is 19.0 Å². The molecule has 2 aromatic heterocycles. The van der Waals surface area contributed by atoms with E-state index in [2.05, 4.69) is 34.6 Å². The fourth-order valence-corrected chi connectivity index (χ4v) is 5.32. The van der Waals surface area contributed by atoms with Crippen LogP contribution in [0.15, 0.2) is 36.8 Å². The van der Waals surface area contributed by atoms with E-state index in [0.717, 1.165) is 43.7 Å². The molecule has 3 aromatic rings. The van der Waals surface area contributed by atoms with Crippen molar-refractivity contribution in [3.05, 3.63) is 47.9 Å². The van der Waals surface area contributed by atoms with Crippen LogP contribution in [0.3, 0.4) is 0 Å². The number of aromatic nitrogens is 3. The summed E-state index contributed by atoms with van der Waals surface area (Å²) in [6.45, 7) is 6.34. The Morgan fingerprint density at radius 1 is 1.35 bits per heavy atom. The molecule has 6 rings (SSSR count). The van der Waals surface area contributed by atoms with Gasteiger partial charge in [-0.05, 0) is 44.7 Å². The number of anilines is 1. The number of carbonyl (C=O) groups excluding carboxylic acids is 1. The summed E-state index contributed by atoms with van der Waals surface area (Å²) in [5.74, 6) is 1.53. The number of carbonyl (C=O) groups is 1. The van der Waals surface area contributed by atoms with Gasteiger partial charge in [-0.2, -0.15) is 5.10 Å². The van der Waals surface area contributed by atoms with Gasteiger partial charge < -0.3 is 24.8 Å². The summed E-state index contributed by atoms with van der Waals surface area (Å²) < 4.78 is 19.9. The molecule has 3 aliphatic rings. The van der Waals surface area contributed by atoms with E-state index in [0.29, 0.717) is 41.2 Å². The average Bonchev–Trinajstić information content (AvgIpc) is 3.50. The van der Waals surface area contributed by atoms with Gasteiger partial charge in [0.25, 0.3) is 5.91 Å². The van der Waals surface area contributed by atoms with Gasteiger partial charge in [0.2, 0.25) is 0 Å². The van der Waals surface area contributed by atoms with Crippen LogP contribution in [-0.4, -0.2) is 58.0 Å². The lowest BCUT2D eigenvalue weighted by Crippen LogP contribution is -2.44. The zero-order valence-electron chi connectivity index (χ0n) is 19.4. The minimum atomic E-state index is -0.293. The highest BCUT2D eigenvalue weighted by Gasteiger charge is 2.37. The van der Waals surface area contributed by atoms with Crippen LogP contribution >= 0.6 is 0 Å². The van der Waals surface area contributed by atoms with Gasteiger partial charge in [-0.3, -0.25) is 4.79 Å². The van der Waals surface area contributed by atoms with Crippen LogP contribution < -0.4 is 20.1 Å². The molecule has 34 heavy (non-hydrogen) atoms. The molecule has 0 unspecified atom stereocenters. The molecule has 2 N–H and O–H groups in total. The first-order valence-electron chi connectivity index (χ1n) is 11.9. The lowest BCUT2D eigenvalue weighted by atomic mass is 10.0. The second-order valence-electron chi connectivity index (χ2n) is 10.0. The minimum Gasteiger partial charge on any atom is -0.491 e. The Balaban J connectivity index is 1.24. The van der Waals surface area contributed by atoms with E-state index in [1.807, 2.05) is 12.1 Å². The molecular formula is C25H29N5O4. The molecule has 9 nitrogen and oxygen atoms in total. The predicted molar refractivity (Wildman–Crippen MR) is 126 cm³/mol. The third-order valence-corrected chi connectivity index (χ3v) is 6.85. The van der Waals surface area contributed by atoms with Gasteiger partial charge in [-0.1, -0.05) is 0 Å². The normalized spacial score (nSPS) is 24.9. The van der Waals surface area contributed by atoms with Crippen LogP contribution in [0.25, 0.3) is 5.65 Å². The van der Waals surface area contributed by atoms with Gasteiger partial charge in [0, 0.05) is 43.0 Å². The van der Waals surface area contributed by atoms with Gasteiger partial charge in [-0.15, -0.1) is 0 Å². The van der Waals surface area contributed by atoms with E-state index in [1.165, 1.54) is 6.20 Å². The van der Waals surface area contributed by atoms with E-state index in [1.54, 1.807) is 23.0 Å². The quantitative estimate of drug-likeness (QED) is 0.600. The van der Waals surface area contributed by atoms with Crippen LogP contribution in [0.1, 0.15) is 42.6 Å². The summed E-state index contributed by atoms with van der Waals surface area (Å²) in [6, 6.07) is 6.05. The number of fused-ring (bicyclic) bond motifs is 3. The van der Waals surface area contributed by atoms with Crippen molar-refractivity contribution in [1.82, 2.24) is 19.9 Å². The number of morpholine rings is 1. The average molecular weight is 464 g/mol. The zero-order valence-corrected chi connectivity index (χ0v) is 19.4. The number of nitrogens with zero attached hydrogens (tertiary/aromatic N) is 3. The maximum Gasteiger partial charge on any atom is 0.261 e. The lowest BCUT2D eigenvalue weighted by Gasteiger charge is -2.26. The molecule has 1 amide bonds. The molecule has 3 atom stereocenters. The first-order chi connectivity index (χ1) is 16.4. The van der Waals surface area contributed by atoms with Crippen LogP contribution in [0, 0.1) is 5.92 Å². The Hall–Kier alpha value is -3.17. The summed E-state index contributed by atoms with van der Waals surface area (Å²) in [4.78, 5) is 17.5. The summed E-state index contributed by atoms with van der Waals surface area (Å²) in [5, 5.41) is 10.8. The van der Waals surface area contributed by atoms with E-state index < -0.39 is 0 Å². The highest BCUT2D eigenvalue weighted by molar-refractivity contribution is 6.08. The minimum absolute atomic E-state index is 0.258. The Bertz CT molecular complexity index is 1230. The number of amides is 1. The second-order valence-corrected chi connectivity index (χ2v) is 10.0. The molecule has 9 heteroatoms. The molecule has 1 saturated carbocycles. The molecule has 2 fully saturated rings. The summed E-state index contributed by atoms with van der Waals surface area (Å²) in [7, 11) is 0. The van der Waals surface area contributed by atoms with Crippen LogP contribution in [0.5, 0.6) is 11.5 Å². The third kappa shape index (κ3) is 3.99. The van der Waals surface area contributed by atoms with Gasteiger partial charge in [0.05, 0.1) is 31.2 Å². The van der Waals surface area contributed by atoms with Gasteiger partial charge in [-0.25, -0.2) is 9.50 Å². The van der Waals surface area contributed by atoms with E-state index >= 15 is 0 Å². The van der Waals surface area contributed by atoms with Crippen LogP contribution in [0.4, 0.5) is 5.69 Å².